The van der Waals surface area contributed by atoms with E-state index in [1.807, 2.05) is 18.2 Å². The van der Waals surface area contributed by atoms with Gasteiger partial charge in [-0.3, -0.25) is 0 Å². The summed E-state index contributed by atoms with van der Waals surface area (Å²) in [5, 5.41) is 18.6. The molecule has 0 bridgehead atoms. The van der Waals surface area contributed by atoms with E-state index in [1.165, 1.54) is 11.3 Å². The molecule has 0 atom stereocenters. The van der Waals surface area contributed by atoms with Gasteiger partial charge in [0.05, 0.1) is 11.8 Å². The van der Waals surface area contributed by atoms with Crippen LogP contribution in [-0.2, 0) is 4.74 Å². The number of methoxy groups -OCH3 is 1. The molecule has 0 fully saturated rings. The van der Waals surface area contributed by atoms with Crippen molar-refractivity contribution in [1.29, 1.82) is 0 Å². The highest BCUT2D eigenvalue weighted by Gasteiger charge is 2.23. The number of para-hydroxylation sites is 1. The number of nitrogens with zero attached hydrogens (tertiary/aromatic N) is 4. The number of anilines is 2. The Hall–Kier alpha value is -2.95. The fourth-order valence-corrected chi connectivity index (χ4v) is 4.68. The van der Waals surface area contributed by atoms with E-state index in [2.05, 4.69) is 29.8 Å². The molecular weight excluding hydrogens is 444 g/mol. The zero-order valence-electron chi connectivity index (χ0n) is 18.5. The number of phenols is 1. The van der Waals surface area contributed by atoms with Crippen molar-refractivity contribution in [2.75, 3.05) is 25.3 Å². The number of phenolic OH excluding ortho intramolecular Hbond substituents is 1. The van der Waals surface area contributed by atoms with Gasteiger partial charge >= 0.3 is 6.01 Å². The van der Waals surface area contributed by atoms with E-state index in [9.17, 15) is 5.11 Å². The van der Waals surface area contributed by atoms with Crippen LogP contribution in [0.15, 0.2) is 46.9 Å². The molecule has 0 spiro atoms. The summed E-state index contributed by atoms with van der Waals surface area (Å²) in [6.07, 6.45) is 0. The van der Waals surface area contributed by atoms with E-state index in [0.717, 1.165) is 16.3 Å². The van der Waals surface area contributed by atoms with Crippen molar-refractivity contribution < 1.29 is 19.0 Å². The molecule has 0 saturated carbocycles. The van der Waals surface area contributed by atoms with E-state index in [4.69, 9.17) is 18.9 Å². The fraction of sp³-hybridized carbons (Fsp3) is 0.318. The third kappa shape index (κ3) is 5.09. The van der Waals surface area contributed by atoms with Gasteiger partial charge in [0.15, 0.2) is 5.13 Å². The quantitative estimate of drug-likeness (QED) is 0.194. The normalized spacial score (nSPS) is 11.8. The van der Waals surface area contributed by atoms with E-state index in [-0.39, 0.29) is 12.5 Å². The molecule has 0 aliphatic carbocycles. The topological polar surface area (TPSA) is 93.7 Å². The van der Waals surface area contributed by atoms with Gasteiger partial charge in [0.2, 0.25) is 5.89 Å². The predicted octanol–water partition coefficient (Wildman–Crippen LogP) is 5.51. The second-order valence-corrected chi connectivity index (χ2v) is 15.1. The van der Waals surface area contributed by atoms with Crippen LogP contribution in [0.25, 0.3) is 21.7 Å². The number of rotatable bonds is 9. The molecule has 8 nitrogen and oxygen atoms in total. The SMILES string of the molecule is COc1cccc2sc(N(COCC[Si](C)(C)C)c3nnc(-c4ccc(O)cc4)o3)nc12. The maximum absolute atomic E-state index is 9.53. The largest absolute Gasteiger partial charge is 0.508 e. The lowest BCUT2D eigenvalue weighted by atomic mass is 10.2. The van der Waals surface area contributed by atoms with E-state index in [1.54, 1.807) is 36.3 Å². The number of hydrogen-bond donors (Lipinski definition) is 1. The van der Waals surface area contributed by atoms with Crippen molar-refractivity contribution in [2.24, 2.45) is 0 Å². The van der Waals surface area contributed by atoms with Gasteiger partial charge in [-0.05, 0) is 42.4 Å². The molecule has 2 aromatic heterocycles. The molecule has 0 aliphatic heterocycles. The lowest BCUT2D eigenvalue weighted by molar-refractivity contribution is 0.150. The van der Waals surface area contributed by atoms with Crippen LogP contribution in [-0.4, -0.2) is 48.8 Å². The van der Waals surface area contributed by atoms with Crippen LogP contribution in [0.4, 0.5) is 11.1 Å². The number of aromatic hydroxyl groups is 1. The standard InChI is InChI=1S/C22H26N4O4SSi/c1-28-17-6-5-7-18-19(17)23-22(31-18)26(14-29-12-13-32(2,3)4)21-25-24-20(30-21)15-8-10-16(27)11-9-15/h5-11,27H,12-14H2,1-4H3. The van der Waals surface area contributed by atoms with Crippen LogP contribution >= 0.6 is 11.3 Å². The molecule has 0 radical (unpaired) electrons. The van der Waals surface area contributed by atoms with E-state index in [0.29, 0.717) is 35.0 Å². The third-order valence-electron chi connectivity index (χ3n) is 4.80. The van der Waals surface area contributed by atoms with Crippen LogP contribution in [0.5, 0.6) is 11.5 Å². The molecule has 0 amide bonds. The molecule has 2 heterocycles. The Morgan fingerprint density at radius 2 is 1.88 bits per heavy atom. The van der Waals surface area contributed by atoms with Crippen molar-refractivity contribution in [3.05, 3.63) is 42.5 Å². The minimum atomic E-state index is -1.22. The summed E-state index contributed by atoms with van der Waals surface area (Å²) < 4.78 is 18.4. The summed E-state index contributed by atoms with van der Waals surface area (Å²) in [4.78, 5) is 6.55. The Labute approximate surface area is 191 Å². The molecule has 4 rings (SSSR count). The second-order valence-electron chi connectivity index (χ2n) is 8.52. The Morgan fingerprint density at radius 3 is 2.59 bits per heavy atom. The highest BCUT2D eigenvalue weighted by Crippen LogP contribution is 2.37. The number of thiazole rings is 1. The summed E-state index contributed by atoms with van der Waals surface area (Å²) in [5.74, 6) is 1.24. The molecule has 2 aromatic carbocycles. The summed E-state index contributed by atoms with van der Waals surface area (Å²) in [6.45, 7) is 7.84. The molecule has 10 heteroatoms. The van der Waals surface area contributed by atoms with E-state index >= 15 is 0 Å². The molecule has 32 heavy (non-hydrogen) atoms. The van der Waals surface area contributed by atoms with Crippen LogP contribution in [0.2, 0.25) is 25.7 Å². The van der Waals surface area contributed by atoms with Crippen LogP contribution < -0.4 is 9.64 Å². The summed E-state index contributed by atoms with van der Waals surface area (Å²) >= 11 is 1.50. The average molecular weight is 471 g/mol. The fourth-order valence-electron chi connectivity index (χ4n) is 2.96. The minimum Gasteiger partial charge on any atom is -0.508 e. The van der Waals surface area contributed by atoms with Crippen LogP contribution in [0, 0.1) is 0 Å². The van der Waals surface area contributed by atoms with Crippen LogP contribution in [0.3, 0.4) is 0 Å². The molecular formula is C22H26N4O4SSi. The third-order valence-corrected chi connectivity index (χ3v) is 7.55. The first-order valence-corrected chi connectivity index (χ1v) is 14.8. The first-order chi connectivity index (χ1) is 15.3. The number of benzene rings is 2. The summed E-state index contributed by atoms with van der Waals surface area (Å²) in [7, 11) is 0.416. The van der Waals surface area contributed by atoms with Gasteiger partial charge in [0.25, 0.3) is 0 Å². The maximum Gasteiger partial charge on any atom is 0.326 e. The molecule has 4 aromatic rings. The van der Waals surface area contributed by atoms with Crippen molar-refractivity contribution >= 4 is 40.8 Å². The van der Waals surface area contributed by atoms with Gasteiger partial charge in [-0.2, -0.15) is 0 Å². The van der Waals surface area contributed by atoms with Gasteiger partial charge in [0.1, 0.15) is 23.7 Å². The highest BCUT2D eigenvalue weighted by atomic mass is 32.1. The Kier molecular flexibility index (Phi) is 6.44. The molecule has 0 saturated heterocycles. The molecule has 1 N–H and O–H groups in total. The monoisotopic (exact) mass is 470 g/mol. The van der Waals surface area contributed by atoms with Gasteiger partial charge in [-0.25, -0.2) is 9.88 Å². The predicted molar refractivity (Wildman–Crippen MR) is 129 cm³/mol. The number of ether oxygens (including phenoxy) is 2. The van der Waals surface area contributed by atoms with Gasteiger partial charge in [0, 0.05) is 20.2 Å². The second kappa shape index (κ2) is 9.27. The lowest BCUT2D eigenvalue weighted by Gasteiger charge is -2.19. The molecule has 0 unspecified atom stereocenters. The van der Waals surface area contributed by atoms with Crippen molar-refractivity contribution in [1.82, 2.24) is 15.2 Å². The number of hydrogen-bond acceptors (Lipinski definition) is 9. The minimum absolute atomic E-state index is 0.175. The zero-order valence-corrected chi connectivity index (χ0v) is 20.3. The zero-order chi connectivity index (χ0) is 22.7. The number of aromatic nitrogens is 3. The Morgan fingerprint density at radius 1 is 1.09 bits per heavy atom. The van der Waals surface area contributed by atoms with Gasteiger partial charge in [-0.1, -0.05) is 42.1 Å². The van der Waals surface area contributed by atoms with Crippen molar-refractivity contribution in [3.8, 4) is 23.0 Å². The smallest absolute Gasteiger partial charge is 0.326 e. The van der Waals surface area contributed by atoms with Gasteiger partial charge in [-0.15, -0.1) is 5.10 Å². The summed E-state index contributed by atoms with van der Waals surface area (Å²) in [5.41, 5.74) is 1.49. The average Bonchev–Trinajstić information content (AvgIpc) is 3.40. The summed E-state index contributed by atoms with van der Waals surface area (Å²) in [6, 6.07) is 13.8. The highest BCUT2D eigenvalue weighted by molar-refractivity contribution is 7.22. The Bertz CT molecular complexity index is 1190. The van der Waals surface area contributed by atoms with E-state index < -0.39 is 8.07 Å². The molecule has 168 valence electrons. The Balaban J connectivity index is 1.64. The lowest BCUT2D eigenvalue weighted by Crippen LogP contribution is -2.25. The van der Waals surface area contributed by atoms with Gasteiger partial charge < -0.3 is 19.0 Å². The maximum atomic E-state index is 9.53. The molecule has 0 aliphatic rings. The van der Waals surface area contributed by atoms with Crippen LogP contribution in [0.1, 0.15) is 0 Å². The first kappa shape index (κ1) is 22.2. The van der Waals surface area contributed by atoms with Crippen molar-refractivity contribution in [3.63, 3.8) is 0 Å². The number of fused-ring (bicyclic) bond motifs is 1. The van der Waals surface area contributed by atoms with Crippen molar-refractivity contribution in [2.45, 2.75) is 25.7 Å². The first-order valence-electron chi connectivity index (χ1n) is 10.3.